The van der Waals surface area contributed by atoms with Crippen LogP contribution in [0.5, 0.6) is 0 Å². The number of hydrogen-bond acceptors (Lipinski definition) is 6. The van der Waals surface area contributed by atoms with Crippen molar-refractivity contribution in [2.75, 3.05) is 0 Å². The molecule has 3 atom stereocenters. The number of hydrogen-bond donors (Lipinski definition) is 0. The van der Waals surface area contributed by atoms with Crippen molar-refractivity contribution < 1.29 is 19.2 Å². The summed E-state index contributed by atoms with van der Waals surface area (Å²) in [5, 5.41) is 3.45. The first kappa shape index (κ1) is 15.0. The van der Waals surface area contributed by atoms with Crippen LogP contribution in [0.15, 0.2) is 29.6 Å². The van der Waals surface area contributed by atoms with Gasteiger partial charge in [-0.05, 0) is 25.0 Å². The fraction of sp³-hybridized carbons (Fsp3) is 0.294. The van der Waals surface area contributed by atoms with Gasteiger partial charge in [0.2, 0.25) is 0 Å². The fourth-order valence-corrected chi connectivity index (χ4v) is 3.87. The van der Waals surface area contributed by atoms with Crippen LogP contribution < -0.4 is 0 Å². The molecular formula is C17H14N2O4S. The number of aryl methyl sites for hydroxylation is 1. The van der Waals surface area contributed by atoms with Gasteiger partial charge in [0.05, 0.1) is 27.7 Å². The highest BCUT2D eigenvalue weighted by Crippen LogP contribution is 2.54. The molecule has 0 spiro atoms. The summed E-state index contributed by atoms with van der Waals surface area (Å²) in [7, 11) is 0. The maximum atomic E-state index is 12.4. The van der Waals surface area contributed by atoms with Crippen molar-refractivity contribution in [1.29, 1.82) is 0 Å². The summed E-state index contributed by atoms with van der Waals surface area (Å²) in [5.74, 6) is -2.08. The third kappa shape index (κ3) is 2.16. The van der Waals surface area contributed by atoms with Crippen LogP contribution in [-0.2, 0) is 9.63 Å². The van der Waals surface area contributed by atoms with Gasteiger partial charge >= 0.3 is 5.97 Å². The molecule has 1 saturated carbocycles. The largest absolute Gasteiger partial charge is 0.337 e. The molecule has 2 amide bonds. The van der Waals surface area contributed by atoms with Crippen LogP contribution in [0.25, 0.3) is 0 Å². The van der Waals surface area contributed by atoms with Crippen LogP contribution in [-0.4, -0.2) is 27.8 Å². The Hall–Kier alpha value is -2.54. The highest BCUT2D eigenvalue weighted by Gasteiger charge is 2.56. The van der Waals surface area contributed by atoms with Crippen LogP contribution in [0, 0.1) is 18.8 Å². The second-order valence-corrected chi connectivity index (χ2v) is 7.12. The molecule has 24 heavy (non-hydrogen) atoms. The molecule has 2 heterocycles. The molecule has 7 heteroatoms. The summed E-state index contributed by atoms with van der Waals surface area (Å²) in [6, 6.07) is 6.42. The molecule has 1 fully saturated rings. The van der Waals surface area contributed by atoms with Gasteiger partial charge in [-0.3, -0.25) is 9.59 Å². The fourth-order valence-electron chi connectivity index (χ4n) is 3.21. The van der Waals surface area contributed by atoms with E-state index in [1.165, 1.54) is 11.3 Å². The van der Waals surface area contributed by atoms with E-state index in [4.69, 9.17) is 4.84 Å². The van der Waals surface area contributed by atoms with E-state index in [0.717, 1.165) is 10.7 Å². The third-order valence-corrected chi connectivity index (χ3v) is 5.36. The summed E-state index contributed by atoms with van der Waals surface area (Å²) < 4.78 is 0. The van der Waals surface area contributed by atoms with Crippen LogP contribution in [0.1, 0.15) is 44.3 Å². The van der Waals surface area contributed by atoms with Gasteiger partial charge in [0, 0.05) is 11.3 Å². The second kappa shape index (κ2) is 5.24. The van der Waals surface area contributed by atoms with Crippen molar-refractivity contribution >= 4 is 29.1 Å². The predicted molar refractivity (Wildman–Crippen MR) is 85.3 cm³/mol. The van der Waals surface area contributed by atoms with Gasteiger partial charge in [-0.25, -0.2) is 9.78 Å². The lowest BCUT2D eigenvalue weighted by molar-refractivity contribution is -0.170. The topological polar surface area (TPSA) is 76.6 Å². The highest BCUT2D eigenvalue weighted by atomic mass is 32.1. The maximum absolute atomic E-state index is 12.4. The second-order valence-electron chi connectivity index (χ2n) is 6.06. The summed E-state index contributed by atoms with van der Waals surface area (Å²) in [5.41, 5.74) is 1.38. The number of fused-ring (bicyclic) bond motifs is 1. The van der Waals surface area contributed by atoms with Crippen molar-refractivity contribution in [3.05, 3.63) is 51.5 Å². The molecule has 2 aliphatic rings. The lowest BCUT2D eigenvalue weighted by atomic mass is 10.1. The minimum atomic E-state index is -0.599. The summed E-state index contributed by atoms with van der Waals surface area (Å²) >= 11 is 1.53. The minimum Gasteiger partial charge on any atom is -0.329 e. The number of nitrogens with zero attached hydrogens (tertiary/aromatic N) is 2. The molecule has 1 aromatic carbocycles. The van der Waals surface area contributed by atoms with Crippen molar-refractivity contribution in [2.24, 2.45) is 11.8 Å². The quantitative estimate of drug-likeness (QED) is 0.801. The van der Waals surface area contributed by atoms with E-state index in [1.807, 2.05) is 19.2 Å². The van der Waals surface area contributed by atoms with E-state index < -0.39 is 17.8 Å². The molecule has 1 aliphatic carbocycles. The molecule has 1 aromatic heterocycles. The number of aromatic nitrogens is 1. The molecule has 3 unspecified atom stereocenters. The zero-order chi connectivity index (χ0) is 17.0. The lowest BCUT2D eigenvalue weighted by Gasteiger charge is -2.12. The number of thiazole rings is 1. The van der Waals surface area contributed by atoms with Gasteiger partial charge in [0.15, 0.2) is 0 Å². The van der Waals surface area contributed by atoms with E-state index >= 15 is 0 Å². The van der Waals surface area contributed by atoms with Crippen molar-refractivity contribution in [1.82, 2.24) is 10.0 Å². The van der Waals surface area contributed by atoms with E-state index in [0.29, 0.717) is 5.06 Å². The number of rotatable bonds is 3. The van der Waals surface area contributed by atoms with Gasteiger partial charge in [0.1, 0.15) is 0 Å². The number of amides is 2. The average Bonchev–Trinajstić information content (AvgIpc) is 2.95. The van der Waals surface area contributed by atoms with Gasteiger partial charge in [0.25, 0.3) is 11.8 Å². The van der Waals surface area contributed by atoms with Crippen molar-refractivity contribution in [3.63, 3.8) is 0 Å². The van der Waals surface area contributed by atoms with Crippen molar-refractivity contribution in [2.45, 2.75) is 19.8 Å². The normalized spacial score (nSPS) is 24.9. The van der Waals surface area contributed by atoms with Crippen LogP contribution in [0.2, 0.25) is 0 Å². The zero-order valence-electron chi connectivity index (χ0n) is 13.1. The van der Waals surface area contributed by atoms with E-state index in [-0.39, 0.29) is 28.9 Å². The molecule has 0 radical (unpaired) electrons. The van der Waals surface area contributed by atoms with Gasteiger partial charge in [-0.2, -0.15) is 0 Å². The first-order chi connectivity index (χ1) is 11.5. The summed E-state index contributed by atoms with van der Waals surface area (Å²) in [6.45, 7) is 3.85. The Morgan fingerprint density at radius 2 is 1.83 bits per heavy atom. The molecule has 1 aliphatic heterocycles. The maximum Gasteiger partial charge on any atom is 0.337 e. The van der Waals surface area contributed by atoms with Gasteiger partial charge < -0.3 is 4.84 Å². The van der Waals surface area contributed by atoms with E-state index in [9.17, 15) is 14.4 Å². The Bertz CT molecular complexity index is 840. The third-order valence-electron chi connectivity index (χ3n) is 4.57. The monoisotopic (exact) mass is 342 g/mol. The van der Waals surface area contributed by atoms with Gasteiger partial charge in [-0.15, -0.1) is 11.3 Å². The molecule has 6 nitrogen and oxygen atoms in total. The summed E-state index contributed by atoms with van der Waals surface area (Å²) in [6.07, 6.45) is 0. The number of carbonyl (C=O) groups is 3. The SMILES string of the molecule is Cc1nc(C2C(C)C2C(=O)ON2C(=O)c3ccccc3C2=O)cs1. The lowest BCUT2D eigenvalue weighted by Crippen LogP contribution is -2.33. The van der Waals surface area contributed by atoms with Crippen LogP contribution >= 0.6 is 11.3 Å². The molecular weight excluding hydrogens is 328 g/mol. The zero-order valence-corrected chi connectivity index (χ0v) is 13.9. The van der Waals surface area contributed by atoms with E-state index in [2.05, 4.69) is 4.98 Å². The predicted octanol–water partition coefficient (Wildman–Crippen LogP) is 2.56. The van der Waals surface area contributed by atoms with E-state index in [1.54, 1.807) is 24.3 Å². The standard InChI is InChI=1S/C17H14N2O4S/c1-8-13(12-7-24-9(2)18-12)14(8)17(22)23-19-15(20)10-5-3-4-6-11(10)16(19)21/h3-8,13-14H,1-2H3. The Balaban J connectivity index is 1.50. The molecule has 4 rings (SSSR count). The average molecular weight is 342 g/mol. The Labute approximate surface area is 142 Å². The van der Waals surface area contributed by atoms with Gasteiger partial charge in [-0.1, -0.05) is 24.1 Å². The number of imide groups is 1. The van der Waals surface area contributed by atoms with Crippen LogP contribution in [0.3, 0.4) is 0 Å². The smallest absolute Gasteiger partial charge is 0.329 e. The number of carbonyl (C=O) groups excluding carboxylic acids is 3. The first-order valence-electron chi connectivity index (χ1n) is 7.60. The molecule has 0 N–H and O–H groups in total. The molecule has 2 aromatic rings. The molecule has 0 saturated heterocycles. The molecule has 122 valence electrons. The highest BCUT2D eigenvalue weighted by molar-refractivity contribution is 7.09. The minimum absolute atomic E-state index is 0.0161. The van der Waals surface area contributed by atoms with Crippen molar-refractivity contribution in [3.8, 4) is 0 Å². The number of hydroxylamine groups is 2. The Morgan fingerprint density at radius 1 is 1.21 bits per heavy atom. The first-order valence-corrected chi connectivity index (χ1v) is 8.48. The molecule has 0 bridgehead atoms. The van der Waals surface area contributed by atoms with Crippen LogP contribution in [0.4, 0.5) is 0 Å². The summed E-state index contributed by atoms with van der Waals surface area (Å²) in [4.78, 5) is 46.4. The Morgan fingerprint density at radius 3 is 2.38 bits per heavy atom. The Kier molecular flexibility index (Phi) is 3.28. The number of benzene rings is 1.